The molecule has 1 atom stereocenters. The maximum atomic E-state index is 11.9. The van der Waals surface area contributed by atoms with Crippen LogP contribution in [0.25, 0.3) is 0 Å². The van der Waals surface area contributed by atoms with Gasteiger partial charge in [0.2, 0.25) is 11.8 Å². The molecule has 1 fully saturated rings. The molecule has 1 aliphatic rings. The van der Waals surface area contributed by atoms with Crippen molar-refractivity contribution in [3.63, 3.8) is 0 Å². The van der Waals surface area contributed by atoms with E-state index in [1.165, 1.54) is 0 Å². The quantitative estimate of drug-likeness (QED) is 0.776. The first kappa shape index (κ1) is 13.8. The summed E-state index contributed by atoms with van der Waals surface area (Å²) in [7, 11) is 0. The SMILES string of the molecule is Cc1c(Cl)cccc1NC(=O)C[C@H]1NCCNC1=O. The summed E-state index contributed by atoms with van der Waals surface area (Å²) in [5.41, 5.74) is 1.49. The zero-order valence-corrected chi connectivity index (χ0v) is 11.4. The van der Waals surface area contributed by atoms with Gasteiger partial charge in [-0.15, -0.1) is 0 Å². The Morgan fingerprint density at radius 2 is 2.26 bits per heavy atom. The minimum absolute atomic E-state index is 0.109. The summed E-state index contributed by atoms with van der Waals surface area (Å²) >= 11 is 5.98. The Labute approximate surface area is 116 Å². The monoisotopic (exact) mass is 281 g/mol. The van der Waals surface area contributed by atoms with Crippen LogP contribution in [0.1, 0.15) is 12.0 Å². The number of amides is 2. The first-order chi connectivity index (χ1) is 9.08. The highest BCUT2D eigenvalue weighted by atomic mass is 35.5. The molecular weight excluding hydrogens is 266 g/mol. The minimum atomic E-state index is -0.465. The molecule has 5 nitrogen and oxygen atoms in total. The highest BCUT2D eigenvalue weighted by molar-refractivity contribution is 6.31. The summed E-state index contributed by atoms with van der Waals surface area (Å²) in [6.07, 6.45) is 0.109. The maximum Gasteiger partial charge on any atom is 0.237 e. The molecule has 6 heteroatoms. The van der Waals surface area contributed by atoms with Gasteiger partial charge in [0.25, 0.3) is 0 Å². The van der Waals surface area contributed by atoms with Gasteiger partial charge in [0.15, 0.2) is 0 Å². The van der Waals surface area contributed by atoms with E-state index in [0.717, 1.165) is 5.56 Å². The van der Waals surface area contributed by atoms with Gasteiger partial charge in [0, 0.05) is 23.8 Å². The van der Waals surface area contributed by atoms with Gasteiger partial charge in [0.05, 0.1) is 12.5 Å². The third-order valence-electron chi connectivity index (χ3n) is 3.06. The molecule has 19 heavy (non-hydrogen) atoms. The summed E-state index contributed by atoms with van der Waals surface area (Å²) in [6.45, 7) is 3.12. The number of halogens is 1. The molecule has 3 N–H and O–H groups in total. The molecular formula is C13H16ClN3O2. The van der Waals surface area contributed by atoms with Gasteiger partial charge >= 0.3 is 0 Å². The van der Waals surface area contributed by atoms with E-state index in [4.69, 9.17) is 11.6 Å². The van der Waals surface area contributed by atoms with Gasteiger partial charge in [-0.25, -0.2) is 0 Å². The van der Waals surface area contributed by atoms with Crippen molar-refractivity contribution in [2.24, 2.45) is 0 Å². The van der Waals surface area contributed by atoms with Crippen LogP contribution in [0.4, 0.5) is 5.69 Å². The van der Waals surface area contributed by atoms with Gasteiger partial charge in [-0.2, -0.15) is 0 Å². The molecule has 1 saturated heterocycles. The van der Waals surface area contributed by atoms with E-state index in [1.54, 1.807) is 18.2 Å². The Kier molecular flexibility index (Phi) is 4.39. The highest BCUT2D eigenvalue weighted by Gasteiger charge is 2.24. The molecule has 102 valence electrons. The van der Waals surface area contributed by atoms with E-state index in [2.05, 4.69) is 16.0 Å². The Balaban J connectivity index is 1.97. The van der Waals surface area contributed by atoms with E-state index in [1.807, 2.05) is 6.92 Å². The van der Waals surface area contributed by atoms with Crippen LogP contribution in [0.15, 0.2) is 18.2 Å². The molecule has 0 bridgehead atoms. The van der Waals surface area contributed by atoms with Gasteiger partial charge < -0.3 is 16.0 Å². The number of rotatable bonds is 3. The fourth-order valence-electron chi connectivity index (χ4n) is 1.94. The predicted molar refractivity (Wildman–Crippen MR) is 74.2 cm³/mol. The Morgan fingerprint density at radius 3 is 3.00 bits per heavy atom. The maximum absolute atomic E-state index is 11.9. The van der Waals surface area contributed by atoms with Gasteiger partial charge in [0.1, 0.15) is 0 Å². The van der Waals surface area contributed by atoms with E-state index < -0.39 is 6.04 Å². The second kappa shape index (κ2) is 6.04. The van der Waals surface area contributed by atoms with Gasteiger partial charge in [-0.1, -0.05) is 17.7 Å². The van der Waals surface area contributed by atoms with Crippen molar-refractivity contribution >= 4 is 29.1 Å². The molecule has 0 saturated carbocycles. The fourth-order valence-corrected chi connectivity index (χ4v) is 2.12. The molecule has 0 spiro atoms. The third-order valence-corrected chi connectivity index (χ3v) is 3.47. The lowest BCUT2D eigenvalue weighted by Crippen LogP contribution is -2.53. The third kappa shape index (κ3) is 3.45. The van der Waals surface area contributed by atoms with Crippen LogP contribution >= 0.6 is 11.6 Å². The van der Waals surface area contributed by atoms with Crippen molar-refractivity contribution in [3.05, 3.63) is 28.8 Å². The van der Waals surface area contributed by atoms with E-state index >= 15 is 0 Å². The lowest BCUT2D eigenvalue weighted by molar-refractivity contribution is -0.127. The number of carbonyl (C=O) groups is 2. The number of nitrogens with one attached hydrogen (secondary N) is 3. The lowest BCUT2D eigenvalue weighted by atomic mass is 10.1. The topological polar surface area (TPSA) is 70.2 Å². The summed E-state index contributed by atoms with van der Waals surface area (Å²) in [5.74, 6) is -0.343. The molecule has 1 aromatic rings. The standard InChI is InChI=1S/C13H16ClN3O2/c1-8-9(14)3-2-4-10(8)17-12(18)7-11-13(19)16-6-5-15-11/h2-4,11,15H,5-7H2,1H3,(H,16,19)(H,17,18)/t11-/m1/s1. The summed E-state index contributed by atoms with van der Waals surface area (Å²) in [4.78, 5) is 23.4. The van der Waals surface area contributed by atoms with Crippen LogP contribution in [0.2, 0.25) is 5.02 Å². The van der Waals surface area contributed by atoms with Crippen LogP contribution in [0, 0.1) is 6.92 Å². The molecule has 0 radical (unpaired) electrons. The van der Waals surface area contributed by atoms with E-state index in [-0.39, 0.29) is 18.2 Å². The highest BCUT2D eigenvalue weighted by Crippen LogP contribution is 2.23. The number of anilines is 1. The van der Waals surface area contributed by atoms with E-state index in [9.17, 15) is 9.59 Å². The Bertz CT molecular complexity index is 505. The molecule has 2 rings (SSSR count). The van der Waals surface area contributed by atoms with Gasteiger partial charge in [-0.05, 0) is 24.6 Å². The summed E-state index contributed by atoms with van der Waals surface area (Å²) < 4.78 is 0. The van der Waals surface area contributed by atoms with Crippen molar-refractivity contribution < 1.29 is 9.59 Å². The zero-order chi connectivity index (χ0) is 13.8. The van der Waals surface area contributed by atoms with Crippen molar-refractivity contribution in [2.75, 3.05) is 18.4 Å². The number of carbonyl (C=O) groups excluding carboxylic acids is 2. The Morgan fingerprint density at radius 1 is 1.47 bits per heavy atom. The largest absolute Gasteiger partial charge is 0.353 e. The number of hydrogen-bond acceptors (Lipinski definition) is 3. The first-order valence-electron chi connectivity index (χ1n) is 6.14. The first-order valence-corrected chi connectivity index (χ1v) is 6.52. The molecule has 1 heterocycles. The second-order valence-corrected chi connectivity index (χ2v) is 4.87. The molecule has 0 aliphatic carbocycles. The molecule has 1 aromatic carbocycles. The number of hydrogen-bond donors (Lipinski definition) is 3. The smallest absolute Gasteiger partial charge is 0.237 e. The van der Waals surface area contributed by atoms with Crippen molar-refractivity contribution in [1.82, 2.24) is 10.6 Å². The van der Waals surface area contributed by atoms with Crippen LogP contribution in [0.3, 0.4) is 0 Å². The lowest BCUT2D eigenvalue weighted by Gasteiger charge is -2.23. The van der Waals surface area contributed by atoms with Crippen molar-refractivity contribution in [2.45, 2.75) is 19.4 Å². The van der Waals surface area contributed by atoms with Gasteiger partial charge in [-0.3, -0.25) is 9.59 Å². The minimum Gasteiger partial charge on any atom is -0.353 e. The van der Waals surface area contributed by atoms with Crippen LogP contribution in [-0.4, -0.2) is 30.9 Å². The summed E-state index contributed by atoms with van der Waals surface area (Å²) in [5, 5.41) is 9.11. The molecule has 0 unspecified atom stereocenters. The summed E-state index contributed by atoms with van der Waals surface area (Å²) in [6, 6.07) is 4.86. The zero-order valence-electron chi connectivity index (χ0n) is 10.6. The molecule has 1 aliphatic heterocycles. The average Bonchev–Trinajstić information content (AvgIpc) is 2.38. The fraction of sp³-hybridized carbons (Fsp3) is 0.385. The van der Waals surface area contributed by atoms with Crippen molar-refractivity contribution in [1.29, 1.82) is 0 Å². The number of piperazine rings is 1. The van der Waals surface area contributed by atoms with E-state index in [0.29, 0.717) is 23.8 Å². The Hall–Kier alpha value is -1.59. The number of benzene rings is 1. The normalized spacial score (nSPS) is 18.8. The molecule has 2 amide bonds. The molecule has 0 aromatic heterocycles. The van der Waals surface area contributed by atoms with Crippen LogP contribution in [0.5, 0.6) is 0 Å². The predicted octanol–water partition coefficient (Wildman–Crippen LogP) is 1.07. The van der Waals surface area contributed by atoms with Crippen LogP contribution in [-0.2, 0) is 9.59 Å². The average molecular weight is 282 g/mol. The van der Waals surface area contributed by atoms with Crippen molar-refractivity contribution in [3.8, 4) is 0 Å². The van der Waals surface area contributed by atoms with Crippen LogP contribution < -0.4 is 16.0 Å². The second-order valence-electron chi connectivity index (χ2n) is 4.46.